The Balaban J connectivity index is 2.05. The van der Waals surface area contributed by atoms with Crippen LogP contribution in [-0.4, -0.2) is 18.7 Å². The highest BCUT2D eigenvalue weighted by Crippen LogP contribution is 2.30. The average molecular weight is 278 g/mol. The van der Waals surface area contributed by atoms with Crippen molar-refractivity contribution >= 4 is 17.0 Å². The predicted octanol–water partition coefficient (Wildman–Crippen LogP) is 3.47. The van der Waals surface area contributed by atoms with Gasteiger partial charge in [-0.2, -0.15) is 0 Å². The molecule has 1 aromatic heterocycles. The largest absolute Gasteiger partial charge is 0.493 e. The van der Waals surface area contributed by atoms with Crippen molar-refractivity contribution in [2.75, 3.05) is 19.0 Å². The number of anilines is 1. The Kier molecular flexibility index (Phi) is 4.63. The van der Waals surface area contributed by atoms with Gasteiger partial charge in [0.1, 0.15) is 0 Å². The Hall–Kier alpha value is -1.75. The summed E-state index contributed by atoms with van der Waals surface area (Å²) in [7, 11) is 1.64. The number of nitrogens with one attached hydrogen (secondary N) is 1. The zero-order valence-electron chi connectivity index (χ0n) is 11.4. The van der Waals surface area contributed by atoms with E-state index in [2.05, 4.69) is 10.3 Å². The molecule has 0 saturated heterocycles. The Labute approximate surface area is 117 Å². The molecule has 0 aliphatic heterocycles. The summed E-state index contributed by atoms with van der Waals surface area (Å²) in [5.74, 6) is 1.51. The van der Waals surface area contributed by atoms with Crippen LogP contribution < -0.4 is 14.8 Å². The molecule has 0 aliphatic carbocycles. The minimum absolute atomic E-state index is 0.619. The topological polar surface area (TPSA) is 43.4 Å². The number of nitrogens with zero attached hydrogens (tertiary/aromatic N) is 1. The monoisotopic (exact) mass is 278 g/mol. The maximum Gasteiger partial charge on any atom is 0.163 e. The van der Waals surface area contributed by atoms with E-state index in [0.29, 0.717) is 6.61 Å². The maximum absolute atomic E-state index is 5.55. The van der Waals surface area contributed by atoms with Crippen molar-refractivity contribution in [3.8, 4) is 11.5 Å². The van der Waals surface area contributed by atoms with Gasteiger partial charge in [-0.15, -0.1) is 11.3 Å². The summed E-state index contributed by atoms with van der Waals surface area (Å²) in [6, 6.07) is 5.84. The van der Waals surface area contributed by atoms with E-state index >= 15 is 0 Å². The van der Waals surface area contributed by atoms with Gasteiger partial charge in [0.2, 0.25) is 0 Å². The molecule has 0 radical (unpaired) electrons. The molecule has 0 unspecified atom stereocenters. The highest BCUT2D eigenvalue weighted by Gasteiger charge is 2.05. The Morgan fingerprint density at radius 2 is 2.16 bits per heavy atom. The number of hydrogen-bond donors (Lipinski definition) is 1. The molecule has 0 saturated carbocycles. The van der Waals surface area contributed by atoms with Crippen LogP contribution in [0.25, 0.3) is 0 Å². The number of aryl methyl sites for hydroxylation is 1. The number of hydrogen-bond acceptors (Lipinski definition) is 5. The van der Waals surface area contributed by atoms with Gasteiger partial charge in [-0.3, -0.25) is 0 Å². The Morgan fingerprint density at radius 1 is 1.32 bits per heavy atom. The van der Waals surface area contributed by atoms with Gasteiger partial charge >= 0.3 is 0 Å². The fourth-order valence-corrected chi connectivity index (χ4v) is 2.47. The quantitative estimate of drug-likeness (QED) is 0.878. The normalized spacial score (nSPS) is 10.3. The van der Waals surface area contributed by atoms with Gasteiger partial charge in [0, 0.05) is 22.8 Å². The highest BCUT2D eigenvalue weighted by molar-refractivity contribution is 7.11. The van der Waals surface area contributed by atoms with Crippen LogP contribution in [-0.2, 0) is 6.54 Å². The first-order chi connectivity index (χ1) is 9.22. The molecule has 2 rings (SSSR count). The molecule has 102 valence electrons. The molecule has 1 heterocycles. The van der Waals surface area contributed by atoms with Crippen molar-refractivity contribution < 1.29 is 9.47 Å². The summed E-state index contributed by atoms with van der Waals surface area (Å²) >= 11 is 1.70. The minimum atomic E-state index is 0.619. The molecule has 0 fully saturated rings. The van der Waals surface area contributed by atoms with Crippen molar-refractivity contribution in [3.63, 3.8) is 0 Å². The summed E-state index contributed by atoms with van der Waals surface area (Å²) in [6.45, 7) is 5.35. The maximum atomic E-state index is 5.55. The highest BCUT2D eigenvalue weighted by atomic mass is 32.1. The van der Waals surface area contributed by atoms with E-state index in [4.69, 9.17) is 9.47 Å². The summed E-state index contributed by atoms with van der Waals surface area (Å²) < 4.78 is 10.8. The van der Waals surface area contributed by atoms with Crippen molar-refractivity contribution in [2.24, 2.45) is 0 Å². The third kappa shape index (κ3) is 3.61. The van der Waals surface area contributed by atoms with Crippen LogP contribution in [0.1, 0.15) is 16.8 Å². The van der Waals surface area contributed by atoms with Gasteiger partial charge in [0.15, 0.2) is 11.5 Å². The lowest BCUT2D eigenvalue weighted by atomic mass is 10.2. The van der Waals surface area contributed by atoms with Crippen LogP contribution in [0.3, 0.4) is 0 Å². The number of thiazole rings is 1. The summed E-state index contributed by atoms with van der Waals surface area (Å²) in [5.41, 5.74) is 1.01. The molecule has 1 N–H and O–H groups in total. The molecule has 19 heavy (non-hydrogen) atoms. The van der Waals surface area contributed by atoms with E-state index < -0.39 is 0 Å². The van der Waals surface area contributed by atoms with Crippen LogP contribution in [0.2, 0.25) is 0 Å². The van der Waals surface area contributed by atoms with Gasteiger partial charge in [0.05, 0.1) is 25.3 Å². The van der Waals surface area contributed by atoms with Crippen molar-refractivity contribution in [1.82, 2.24) is 4.98 Å². The molecule has 0 aliphatic rings. The molecule has 0 bridgehead atoms. The second-order valence-corrected chi connectivity index (χ2v) is 5.32. The van der Waals surface area contributed by atoms with E-state index in [1.165, 1.54) is 4.88 Å². The lowest BCUT2D eigenvalue weighted by Crippen LogP contribution is -2.00. The molecule has 0 spiro atoms. The molecule has 0 atom stereocenters. The smallest absolute Gasteiger partial charge is 0.163 e. The van der Waals surface area contributed by atoms with E-state index in [0.717, 1.165) is 28.7 Å². The molecule has 1 aromatic carbocycles. The number of aromatic nitrogens is 1. The number of ether oxygens (including phenoxy) is 2. The second kappa shape index (κ2) is 6.43. The first-order valence-electron chi connectivity index (χ1n) is 6.19. The number of rotatable bonds is 6. The van der Waals surface area contributed by atoms with E-state index in [1.54, 1.807) is 18.4 Å². The van der Waals surface area contributed by atoms with Crippen LogP contribution in [0, 0.1) is 6.92 Å². The fourth-order valence-electron chi connectivity index (χ4n) is 1.73. The standard InChI is InChI=1S/C14H18N2O2S/c1-4-18-14-7-11(5-6-13(14)17-3)16-9-12-8-15-10(2)19-12/h5-8,16H,4,9H2,1-3H3. The molecule has 4 nitrogen and oxygen atoms in total. The predicted molar refractivity (Wildman–Crippen MR) is 78.3 cm³/mol. The summed E-state index contributed by atoms with van der Waals surface area (Å²) in [6.07, 6.45) is 1.90. The van der Waals surface area contributed by atoms with E-state index in [9.17, 15) is 0 Å². The van der Waals surface area contributed by atoms with Gasteiger partial charge in [-0.05, 0) is 26.0 Å². The molecular formula is C14H18N2O2S. The van der Waals surface area contributed by atoms with Crippen molar-refractivity contribution in [1.29, 1.82) is 0 Å². The van der Waals surface area contributed by atoms with Gasteiger partial charge in [0.25, 0.3) is 0 Å². The van der Waals surface area contributed by atoms with Gasteiger partial charge < -0.3 is 14.8 Å². The lowest BCUT2D eigenvalue weighted by molar-refractivity contribution is 0.311. The van der Waals surface area contributed by atoms with Crippen molar-refractivity contribution in [2.45, 2.75) is 20.4 Å². The molecule has 5 heteroatoms. The third-order valence-corrected chi connectivity index (χ3v) is 3.51. The van der Waals surface area contributed by atoms with Gasteiger partial charge in [-0.1, -0.05) is 0 Å². The van der Waals surface area contributed by atoms with E-state index in [-0.39, 0.29) is 0 Å². The zero-order valence-corrected chi connectivity index (χ0v) is 12.2. The minimum Gasteiger partial charge on any atom is -0.493 e. The zero-order chi connectivity index (χ0) is 13.7. The van der Waals surface area contributed by atoms with Gasteiger partial charge in [-0.25, -0.2) is 4.98 Å². The number of benzene rings is 1. The molecule has 0 amide bonds. The first kappa shape index (κ1) is 13.7. The van der Waals surface area contributed by atoms with Crippen LogP contribution >= 0.6 is 11.3 Å². The second-order valence-electron chi connectivity index (χ2n) is 4.00. The third-order valence-electron chi connectivity index (χ3n) is 2.60. The fraction of sp³-hybridized carbons (Fsp3) is 0.357. The summed E-state index contributed by atoms with van der Waals surface area (Å²) in [5, 5.41) is 4.44. The lowest BCUT2D eigenvalue weighted by Gasteiger charge is -2.12. The van der Waals surface area contributed by atoms with E-state index in [1.807, 2.05) is 38.2 Å². The first-order valence-corrected chi connectivity index (χ1v) is 7.00. The average Bonchev–Trinajstić information content (AvgIpc) is 2.83. The SMILES string of the molecule is CCOc1cc(NCc2cnc(C)s2)ccc1OC. The van der Waals surface area contributed by atoms with Crippen molar-refractivity contribution in [3.05, 3.63) is 34.3 Å². The Morgan fingerprint density at radius 3 is 2.79 bits per heavy atom. The molecular weight excluding hydrogens is 260 g/mol. The molecule has 2 aromatic rings. The summed E-state index contributed by atoms with van der Waals surface area (Å²) in [4.78, 5) is 5.45. The number of methoxy groups -OCH3 is 1. The van der Waals surface area contributed by atoms with Crippen LogP contribution in [0.5, 0.6) is 11.5 Å². The van der Waals surface area contributed by atoms with Crippen LogP contribution in [0.4, 0.5) is 5.69 Å². The van der Waals surface area contributed by atoms with Crippen LogP contribution in [0.15, 0.2) is 24.4 Å². The Bertz CT molecular complexity index is 540.